The summed E-state index contributed by atoms with van der Waals surface area (Å²) in [7, 11) is 0. The van der Waals surface area contributed by atoms with Gasteiger partial charge in [0, 0.05) is 15.6 Å². The second-order valence-electron chi connectivity index (χ2n) is 3.75. The zero-order valence-electron chi connectivity index (χ0n) is 9.66. The highest BCUT2D eigenvalue weighted by atomic mass is 79.9. The minimum atomic E-state index is 0.267. The quantitative estimate of drug-likeness (QED) is 0.756. The van der Waals surface area contributed by atoms with Crippen molar-refractivity contribution in [2.24, 2.45) is 0 Å². The number of ether oxygens (including phenoxy) is 1. The molecular weight excluding hydrogens is 349 g/mol. The Morgan fingerprint density at radius 1 is 1.16 bits per heavy atom. The Bertz CT molecular complexity index is 632. The van der Waals surface area contributed by atoms with E-state index in [0.717, 1.165) is 10.0 Å². The Morgan fingerprint density at radius 2 is 1.84 bits per heavy atom. The molecule has 2 aromatic carbocycles. The Hall–Kier alpha value is -1.21. The Labute approximate surface area is 129 Å². The third-order valence-corrected chi connectivity index (χ3v) is 3.82. The summed E-state index contributed by atoms with van der Waals surface area (Å²) in [5.74, 6) is 0.634. The fraction of sp³-hybridized carbons (Fsp3) is 0.0714. The second-order valence-corrected chi connectivity index (χ2v) is 5.41. The van der Waals surface area contributed by atoms with Gasteiger partial charge in [-0.1, -0.05) is 29.3 Å². The van der Waals surface area contributed by atoms with Crippen molar-refractivity contribution in [2.45, 2.75) is 6.61 Å². The molecule has 2 aromatic rings. The number of nitriles is 1. The minimum Gasteiger partial charge on any atom is -0.488 e. The van der Waals surface area contributed by atoms with Crippen LogP contribution in [0.5, 0.6) is 5.75 Å². The average Bonchev–Trinajstić information content (AvgIpc) is 2.39. The third-order valence-electron chi connectivity index (χ3n) is 2.49. The van der Waals surface area contributed by atoms with E-state index in [9.17, 15) is 0 Å². The van der Waals surface area contributed by atoms with Crippen LogP contribution in [0.2, 0.25) is 10.0 Å². The molecule has 5 heteroatoms. The van der Waals surface area contributed by atoms with Gasteiger partial charge in [0.25, 0.3) is 0 Å². The molecule has 0 N–H and O–H groups in total. The minimum absolute atomic E-state index is 0.267. The summed E-state index contributed by atoms with van der Waals surface area (Å²) in [6, 6.07) is 12.5. The monoisotopic (exact) mass is 355 g/mol. The third kappa shape index (κ3) is 3.42. The van der Waals surface area contributed by atoms with E-state index in [4.69, 9.17) is 33.2 Å². The van der Waals surface area contributed by atoms with Gasteiger partial charge in [-0.2, -0.15) is 5.26 Å². The van der Waals surface area contributed by atoms with Gasteiger partial charge in [-0.05, 0) is 46.3 Å². The molecule has 0 amide bonds. The first-order chi connectivity index (χ1) is 9.11. The highest BCUT2D eigenvalue weighted by Crippen LogP contribution is 2.29. The molecule has 0 aliphatic heterocycles. The smallest absolute Gasteiger partial charge is 0.134 e. The molecule has 0 aromatic heterocycles. The predicted molar refractivity (Wildman–Crippen MR) is 79.7 cm³/mol. The molecular formula is C14H8BrCl2NO. The van der Waals surface area contributed by atoms with Gasteiger partial charge in [0.2, 0.25) is 0 Å². The normalized spacial score (nSPS) is 10.0. The first kappa shape index (κ1) is 14.2. The van der Waals surface area contributed by atoms with Gasteiger partial charge in [-0.25, -0.2) is 0 Å². The van der Waals surface area contributed by atoms with Crippen LogP contribution in [0.4, 0.5) is 0 Å². The molecule has 0 aliphatic rings. The summed E-state index contributed by atoms with van der Waals surface area (Å²) >= 11 is 15.5. The van der Waals surface area contributed by atoms with E-state index in [1.54, 1.807) is 36.4 Å². The molecule has 0 saturated heterocycles. The summed E-state index contributed by atoms with van der Waals surface area (Å²) in [6.45, 7) is 0.267. The Kier molecular flexibility index (Phi) is 4.71. The Balaban J connectivity index is 2.17. The lowest BCUT2D eigenvalue weighted by Crippen LogP contribution is -1.98. The van der Waals surface area contributed by atoms with Gasteiger partial charge >= 0.3 is 0 Å². The largest absolute Gasteiger partial charge is 0.488 e. The number of benzene rings is 2. The molecule has 0 atom stereocenters. The lowest BCUT2D eigenvalue weighted by molar-refractivity contribution is 0.304. The van der Waals surface area contributed by atoms with E-state index in [0.29, 0.717) is 21.4 Å². The SMILES string of the molecule is N#Cc1ccc(OCc2c(Cl)cccc2Cl)c(Br)c1. The van der Waals surface area contributed by atoms with E-state index < -0.39 is 0 Å². The zero-order chi connectivity index (χ0) is 13.8. The van der Waals surface area contributed by atoms with Crippen LogP contribution in [0.15, 0.2) is 40.9 Å². The molecule has 2 rings (SSSR count). The molecule has 96 valence electrons. The van der Waals surface area contributed by atoms with E-state index >= 15 is 0 Å². The van der Waals surface area contributed by atoms with E-state index in [1.807, 2.05) is 0 Å². The molecule has 0 spiro atoms. The van der Waals surface area contributed by atoms with Crippen molar-refractivity contribution >= 4 is 39.1 Å². The molecule has 0 radical (unpaired) electrons. The van der Waals surface area contributed by atoms with Crippen molar-refractivity contribution in [3.63, 3.8) is 0 Å². The first-order valence-corrected chi connectivity index (χ1v) is 6.92. The number of rotatable bonds is 3. The molecule has 2 nitrogen and oxygen atoms in total. The van der Waals surface area contributed by atoms with Crippen molar-refractivity contribution in [3.05, 3.63) is 62.0 Å². The fourth-order valence-corrected chi connectivity index (χ4v) is 2.51. The number of nitrogens with zero attached hydrogens (tertiary/aromatic N) is 1. The lowest BCUT2D eigenvalue weighted by Gasteiger charge is -2.10. The summed E-state index contributed by atoms with van der Waals surface area (Å²) in [4.78, 5) is 0. The van der Waals surface area contributed by atoms with Gasteiger partial charge in [-0.15, -0.1) is 0 Å². The fourth-order valence-electron chi connectivity index (χ4n) is 1.51. The predicted octanol–water partition coefficient (Wildman–Crippen LogP) is 5.21. The number of hydrogen-bond acceptors (Lipinski definition) is 2. The maximum absolute atomic E-state index is 8.79. The van der Waals surface area contributed by atoms with Crippen molar-refractivity contribution in [1.29, 1.82) is 5.26 Å². The highest BCUT2D eigenvalue weighted by Gasteiger charge is 2.08. The summed E-state index contributed by atoms with van der Waals surface area (Å²) in [5.41, 5.74) is 1.30. The average molecular weight is 357 g/mol. The standard InChI is InChI=1S/C14H8BrCl2NO/c15-11-6-9(7-18)4-5-14(11)19-8-10-12(16)2-1-3-13(10)17/h1-6H,8H2. The molecule has 0 bridgehead atoms. The van der Waals surface area contributed by atoms with Crippen LogP contribution in [0.3, 0.4) is 0 Å². The van der Waals surface area contributed by atoms with Crippen LogP contribution in [-0.4, -0.2) is 0 Å². The van der Waals surface area contributed by atoms with Crippen molar-refractivity contribution in [3.8, 4) is 11.8 Å². The van der Waals surface area contributed by atoms with Crippen molar-refractivity contribution in [1.82, 2.24) is 0 Å². The Morgan fingerprint density at radius 3 is 2.42 bits per heavy atom. The van der Waals surface area contributed by atoms with Gasteiger partial charge in [0.1, 0.15) is 12.4 Å². The zero-order valence-corrected chi connectivity index (χ0v) is 12.8. The second kappa shape index (κ2) is 6.29. The van der Waals surface area contributed by atoms with Crippen molar-refractivity contribution in [2.75, 3.05) is 0 Å². The van der Waals surface area contributed by atoms with Gasteiger partial charge in [-0.3, -0.25) is 0 Å². The van der Waals surface area contributed by atoms with Gasteiger partial charge < -0.3 is 4.74 Å². The van der Waals surface area contributed by atoms with Crippen LogP contribution in [-0.2, 0) is 6.61 Å². The van der Waals surface area contributed by atoms with Crippen LogP contribution >= 0.6 is 39.1 Å². The summed E-state index contributed by atoms with van der Waals surface area (Å²) in [5, 5.41) is 9.92. The highest BCUT2D eigenvalue weighted by molar-refractivity contribution is 9.10. The maximum atomic E-state index is 8.79. The van der Waals surface area contributed by atoms with Gasteiger partial charge in [0.05, 0.1) is 16.1 Å². The summed E-state index contributed by atoms with van der Waals surface area (Å²) in [6.07, 6.45) is 0. The van der Waals surface area contributed by atoms with Gasteiger partial charge in [0.15, 0.2) is 0 Å². The van der Waals surface area contributed by atoms with Crippen LogP contribution in [0.1, 0.15) is 11.1 Å². The van der Waals surface area contributed by atoms with Crippen LogP contribution < -0.4 is 4.74 Å². The topological polar surface area (TPSA) is 33.0 Å². The summed E-state index contributed by atoms with van der Waals surface area (Å²) < 4.78 is 6.38. The maximum Gasteiger partial charge on any atom is 0.134 e. The van der Waals surface area contributed by atoms with E-state index in [1.165, 1.54) is 0 Å². The molecule has 0 fully saturated rings. The van der Waals surface area contributed by atoms with E-state index in [-0.39, 0.29) is 6.61 Å². The van der Waals surface area contributed by atoms with Crippen LogP contribution in [0, 0.1) is 11.3 Å². The number of halogens is 3. The van der Waals surface area contributed by atoms with Crippen molar-refractivity contribution < 1.29 is 4.74 Å². The van der Waals surface area contributed by atoms with Crippen LogP contribution in [0.25, 0.3) is 0 Å². The van der Waals surface area contributed by atoms with E-state index in [2.05, 4.69) is 22.0 Å². The number of hydrogen-bond donors (Lipinski definition) is 0. The molecule has 19 heavy (non-hydrogen) atoms. The first-order valence-electron chi connectivity index (χ1n) is 5.37. The molecule has 0 saturated carbocycles. The molecule has 0 unspecified atom stereocenters. The molecule has 0 aliphatic carbocycles. The lowest BCUT2D eigenvalue weighted by atomic mass is 10.2. The molecule has 0 heterocycles.